The summed E-state index contributed by atoms with van der Waals surface area (Å²) < 4.78 is 0. The first-order valence-corrected chi connectivity index (χ1v) is 7.44. The average Bonchev–Trinajstić information content (AvgIpc) is 2.41. The molecule has 0 radical (unpaired) electrons. The summed E-state index contributed by atoms with van der Waals surface area (Å²) in [4.78, 5) is 3.15. The van der Waals surface area contributed by atoms with Crippen molar-refractivity contribution < 1.29 is 5.11 Å². The lowest BCUT2D eigenvalue weighted by molar-refractivity contribution is 0.471. The first-order valence-electron chi connectivity index (χ1n) is 6.45. The molecule has 20 heavy (non-hydrogen) atoms. The molecule has 0 spiro atoms. The molecule has 2 aromatic rings. The number of nitrogen functional groups attached to an aromatic ring is 1. The van der Waals surface area contributed by atoms with Gasteiger partial charge in [-0.1, -0.05) is 12.1 Å². The van der Waals surface area contributed by atoms with E-state index in [2.05, 4.69) is 11.0 Å². The third-order valence-corrected chi connectivity index (χ3v) is 4.31. The van der Waals surface area contributed by atoms with Crippen LogP contribution in [0, 0.1) is 6.92 Å². The molecule has 2 rings (SSSR count). The van der Waals surface area contributed by atoms with Crippen LogP contribution in [0.4, 0.5) is 11.4 Å². The van der Waals surface area contributed by atoms with Gasteiger partial charge in [-0.25, -0.2) is 0 Å². The second-order valence-corrected chi connectivity index (χ2v) is 6.04. The van der Waals surface area contributed by atoms with Crippen LogP contribution in [0.15, 0.2) is 41.3 Å². The number of nitrogens with zero attached hydrogens (tertiary/aromatic N) is 1. The number of phenols is 1. The number of rotatable bonds is 4. The normalized spacial score (nSPS) is 10.6. The molecule has 0 atom stereocenters. The summed E-state index contributed by atoms with van der Waals surface area (Å²) in [5.41, 5.74) is 10.1. The number of nitrogens with two attached hydrogens (primary N) is 1. The number of phenolic OH excluding ortho intramolecular Hbond substituents is 1. The van der Waals surface area contributed by atoms with E-state index >= 15 is 0 Å². The van der Waals surface area contributed by atoms with E-state index in [-0.39, 0.29) is 0 Å². The van der Waals surface area contributed by atoms with E-state index in [1.807, 2.05) is 45.3 Å². The van der Waals surface area contributed by atoms with Crippen molar-refractivity contribution in [3.05, 3.63) is 47.5 Å². The fraction of sp³-hybridized carbons (Fsp3) is 0.250. The Labute approximate surface area is 124 Å². The van der Waals surface area contributed by atoms with Crippen molar-refractivity contribution in [3.63, 3.8) is 0 Å². The Balaban J connectivity index is 2.13. The fourth-order valence-corrected chi connectivity index (χ4v) is 2.84. The molecule has 0 fully saturated rings. The maximum absolute atomic E-state index is 9.54. The van der Waals surface area contributed by atoms with Crippen LogP contribution in [0.5, 0.6) is 5.75 Å². The van der Waals surface area contributed by atoms with Gasteiger partial charge < -0.3 is 15.7 Å². The van der Waals surface area contributed by atoms with Crippen molar-refractivity contribution in [3.8, 4) is 5.75 Å². The average molecular weight is 288 g/mol. The molecule has 0 aliphatic rings. The van der Waals surface area contributed by atoms with Gasteiger partial charge in [0.05, 0.1) is 0 Å². The van der Waals surface area contributed by atoms with Gasteiger partial charge in [0.25, 0.3) is 0 Å². The number of hydrogen-bond acceptors (Lipinski definition) is 4. The van der Waals surface area contributed by atoms with Crippen LogP contribution in [0.3, 0.4) is 0 Å². The molecule has 106 valence electrons. The SMILES string of the molecule is Cc1cc(CSc2cc(N(C)C)ccc2N)ccc1O. The quantitative estimate of drug-likeness (QED) is 0.666. The maximum atomic E-state index is 9.54. The topological polar surface area (TPSA) is 49.5 Å². The molecular weight excluding hydrogens is 268 g/mol. The second kappa shape index (κ2) is 6.09. The van der Waals surface area contributed by atoms with Gasteiger partial charge in [-0.3, -0.25) is 0 Å². The van der Waals surface area contributed by atoms with E-state index < -0.39 is 0 Å². The zero-order valence-corrected chi connectivity index (χ0v) is 12.9. The Morgan fingerprint density at radius 2 is 1.90 bits per heavy atom. The summed E-state index contributed by atoms with van der Waals surface area (Å²) >= 11 is 1.71. The molecule has 0 saturated carbocycles. The smallest absolute Gasteiger partial charge is 0.118 e. The lowest BCUT2D eigenvalue weighted by Gasteiger charge is -2.15. The number of aromatic hydroxyl groups is 1. The molecule has 3 nitrogen and oxygen atoms in total. The first kappa shape index (κ1) is 14.6. The van der Waals surface area contributed by atoms with Gasteiger partial charge in [-0.2, -0.15) is 0 Å². The van der Waals surface area contributed by atoms with Crippen LogP contribution in [-0.2, 0) is 5.75 Å². The molecule has 0 aliphatic heterocycles. The Kier molecular flexibility index (Phi) is 4.45. The van der Waals surface area contributed by atoms with Crippen LogP contribution in [-0.4, -0.2) is 19.2 Å². The summed E-state index contributed by atoms with van der Waals surface area (Å²) in [7, 11) is 4.03. The fourth-order valence-electron chi connectivity index (χ4n) is 1.89. The third kappa shape index (κ3) is 3.39. The van der Waals surface area contributed by atoms with E-state index in [0.717, 1.165) is 27.6 Å². The van der Waals surface area contributed by atoms with Crippen molar-refractivity contribution >= 4 is 23.1 Å². The number of anilines is 2. The van der Waals surface area contributed by atoms with Gasteiger partial charge in [0, 0.05) is 36.1 Å². The zero-order chi connectivity index (χ0) is 14.7. The number of benzene rings is 2. The van der Waals surface area contributed by atoms with Crippen molar-refractivity contribution in [2.45, 2.75) is 17.6 Å². The Morgan fingerprint density at radius 3 is 2.55 bits per heavy atom. The molecule has 2 aromatic carbocycles. The van der Waals surface area contributed by atoms with E-state index in [9.17, 15) is 5.11 Å². The van der Waals surface area contributed by atoms with Gasteiger partial charge >= 0.3 is 0 Å². The predicted molar refractivity (Wildman–Crippen MR) is 87.6 cm³/mol. The van der Waals surface area contributed by atoms with Gasteiger partial charge in [0.2, 0.25) is 0 Å². The van der Waals surface area contributed by atoms with Crippen molar-refractivity contribution in [2.24, 2.45) is 0 Å². The molecule has 0 aliphatic carbocycles. The molecule has 0 saturated heterocycles. The molecule has 0 heterocycles. The zero-order valence-electron chi connectivity index (χ0n) is 12.1. The minimum atomic E-state index is 0.341. The molecule has 4 heteroatoms. The molecule has 0 aromatic heterocycles. The largest absolute Gasteiger partial charge is 0.508 e. The molecular formula is C16H20N2OS. The van der Waals surface area contributed by atoms with Crippen molar-refractivity contribution in [1.29, 1.82) is 0 Å². The Bertz CT molecular complexity index is 611. The van der Waals surface area contributed by atoms with Crippen LogP contribution in [0.1, 0.15) is 11.1 Å². The standard InChI is InChI=1S/C16H20N2OS/c1-11-8-12(4-7-15(11)19)10-20-16-9-13(18(2)3)5-6-14(16)17/h4-9,19H,10,17H2,1-3H3. The molecule has 0 bridgehead atoms. The third-order valence-electron chi connectivity index (χ3n) is 3.17. The highest BCUT2D eigenvalue weighted by Gasteiger charge is 2.05. The lowest BCUT2D eigenvalue weighted by Crippen LogP contribution is -2.08. The van der Waals surface area contributed by atoms with E-state index in [0.29, 0.717) is 5.75 Å². The predicted octanol–water partition coefficient (Wildman–Crippen LogP) is 3.64. The van der Waals surface area contributed by atoms with Crippen molar-refractivity contribution in [2.75, 3.05) is 24.7 Å². The first-order chi connectivity index (χ1) is 9.47. The summed E-state index contributed by atoms with van der Waals surface area (Å²) in [5, 5.41) is 9.54. The second-order valence-electron chi connectivity index (χ2n) is 5.03. The van der Waals surface area contributed by atoms with Crippen LogP contribution < -0.4 is 10.6 Å². The van der Waals surface area contributed by atoms with E-state index in [1.54, 1.807) is 17.8 Å². The summed E-state index contributed by atoms with van der Waals surface area (Å²) in [6.07, 6.45) is 0. The van der Waals surface area contributed by atoms with Gasteiger partial charge in [-0.15, -0.1) is 11.8 Å². The summed E-state index contributed by atoms with van der Waals surface area (Å²) in [6.45, 7) is 1.91. The van der Waals surface area contributed by atoms with Gasteiger partial charge in [0.1, 0.15) is 5.75 Å². The minimum absolute atomic E-state index is 0.341. The monoisotopic (exact) mass is 288 g/mol. The minimum Gasteiger partial charge on any atom is -0.508 e. The van der Waals surface area contributed by atoms with Crippen LogP contribution in [0.25, 0.3) is 0 Å². The van der Waals surface area contributed by atoms with Crippen molar-refractivity contribution in [1.82, 2.24) is 0 Å². The molecule has 3 N–H and O–H groups in total. The molecule has 0 amide bonds. The Hall–Kier alpha value is -1.81. The van der Waals surface area contributed by atoms with Gasteiger partial charge in [-0.05, 0) is 42.3 Å². The highest BCUT2D eigenvalue weighted by atomic mass is 32.2. The van der Waals surface area contributed by atoms with Crippen LogP contribution >= 0.6 is 11.8 Å². The van der Waals surface area contributed by atoms with Gasteiger partial charge in [0.15, 0.2) is 0 Å². The summed E-state index contributed by atoms with van der Waals surface area (Å²) in [5.74, 6) is 1.18. The van der Waals surface area contributed by atoms with Crippen LogP contribution in [0.2, 0.25) is 0 Å². The Morgan fingerprint density at radius 1 is 1.15 bits per heavy atom. The molecule has 0 unspecified atom stereocenters. The lowest BCUT2D eigenvalue weighted by atomic mass is 10.1. The maximum Gasteiger partial charge on any atom is 0.118 e. The number of aryl methyl sites for hydroxylation is 1. The number of hydrogen-bond donors (Lipinski definition) is 2. The highest BCUT2D eigenvalue weighted by molar-refractivity contribution is 7.98. The van der Waals surface area contributed by atoms with E-state index in [4.69, 9.17) is 5.73 Å². The summed E-state index contributed by atoms with van der Waals surface area (Å²) in [6, 6.07) is 11.8. The highest BCUT2D eigenvalue weighted by Crippen LogP contribution is 2.32. The van der Waals surface area contributed by atoms with E-state index in [1.165, 1.54) is 5.56 Å². The number of thioether (sulfide) groups is 1.